The monoisotopic (exact) mass is 461 g/mol. The van der Waals surface area contributed by atoms with Crippen LogP contribution in [0.1, 0.15) is 18.9 Å². The predicted octanol–water partition coefficient (Wildman–Crippen LogP) is 3.07. The van der Waals surface area contributed by atoms with Gasteiger partial charge in [-0.25, -0.2) is 0 Å². The molecule has 0 spiro atoms. The number of methoxy groups -OCH3 is 1. The molecular formula is C27H35N5O2. The number of rotatable bonds is 5. The van der Waals surface area contributed by atoms with E-state index in [1.165, 1.54) is 16.9 Å². The van der Waals surface area contributed by atoms with Gasteiger partial charge in [0.05, 0.1) is 24.7 Å². The first kappa shape index (κ1) is 22.7. The maximum atomic E-state index is 12.3. The van der Waals surface area contributed by atoms with Gasteiger partial charge < -0.3 is 14.5 Å². The lowest BCUT2D eigenvalue weighted by atomic mass is 10.00. The summed E-state index contributed by atoms with van der Waals surface area (Å²) in [7, 11) is 1.74. The number of carbonyl (C=O) groups excluding carboxylic acids is 1. The van der Waals surface area contributed by atoms with E-state index in [-0.39, 0.29) is 5.91 Å². The number of hydrogen-bond donors (Lipinski definition) is 1. The van der Waals surface area contributed by atoms with E-state index in [0.29, 0.717) is 12.6 Å². The van der Waals surface area contributed by atoms with Gasteiger partial charge in [0, 0.05) is 64.1 Å². The number of hydrogen-bond acceptors (Lipinski definition) is 6. The van der Waals surface area contributed by atoms with E-state index < -0.39 is 0 Å². The molecule has 1 atom stereocenters. The average Bonchev–Trinajstić information content (AvgIpc) is 2.90. The molecule has 2 saturated heterocycles. The molecule has 0 aliphatic carbocycles. The highest BCUT2D eigenvalue weighted by molar-refractivity contribution is 5.98. The first-order valence-corrected chi connectivity index (χ1v) is 12.4. The lowest BCUT2D eigenvalue weighted by Crippen LogP contribution is -2.62. The number of nitrogens with one attached hydrogen (secondary N) is 1. The van der Waals surface area contributed by atoms with Crippen molar-refractivity contribution in [2.45, 2.75) is 25.9 Å². The molecule has 180 valence electrons. The Balaban J connectivity index is 1.24. The lowest BCUT2D eigenvalue weighted by molar-refractivity contribution is -0.118. The van der Waals surface area contributed by atoms with Crippen LogP contribution in [0.25, 0.3) is 0 Å². The molecule has 7 heteroatoms. The normalized spacial score (nSPS) is 21.8. The van der Waals surface area contributed by atoms with Crippen molar-refractivity contribution in [1.29, 1.82) is 0 Å². The first-order chi connectivity index (χ1) is 16.7. The van der Waals surface area contributed by atoms with Gasteiger partial charge in [0.1, 0.15) is 5.75 Å². The summed E-state index contributed by atoms with van der Waals surface area (Å²) in [5.41, 5.74) is 4.73. The number of piperazine rings is 2. The maximum Gasteiger partial charge on any atom is 0.231 e. The Morgan fingerprint density at radius 1 is 0.971 bits per heavy atom. The number of nitrogens with zero attached hydrogens (tertiary/aromatic N) is 4. The Morgan fingerprint density at radius 2 is 1.79 bits per heavy atom. The van der Waals surface area contributed by atoms with E-state index in [4.69, 9.17) is 4.74 Å². The Bertz CT molecular complexity index is 1050. The molecule has 2 fully saturated rings. The summed E-state index contributed by atoms with van der Waals surface area (Å²) >= 11 is 0. The number of fused-ring (bicyclic) bond motifs is 1. The number of anilines is 3. The van der Waals surface area contributed by atoms with Crippen LogP contribution in [0.4, 0.5) is 17.1 Å². The second kappa shape index (κ2) is 10.1. The van der Waals surface area contributed by atoms with Crippen molar-refractivity contribution in [2.75, 3.05) is 67.6 Å². The van der Waals surface area contributed by atoms with Crippen LogP contribution in [0.5, 0.6) is 5.75 Å². The van der Waals surface area contributed by atoms with Gasteiger partial charge in [0.2, 0.25) is 5.91 Å². The molecule has 1 amide bonds. The van der Waals surface area contributed by atoms with Crippen molar-refractivity contribution in [2.24, 2.45) is 0 Å². The number of aryl methyl sites for hydroxylation is 1. The van der Waals surface area contributed by atoms with E-state index in [1.807, 2.05) is 31.3 Å². The fourth-order valence-corrected chi connectivity index (χ4v) is 5.39. The largest absolute Gasteiger partial charge is 0.495 e. The molecule has 34 heavy (non-hydrogen) atoms. The number of carbonyl (C=O) groups is 1. The first-order valence-electron chi connectivity index (χ1n) is 12.4. The number of ether oxygens (including phenoxy) is 1. The van der Waals surface area contributed by atoms with Crippen LogP contribution in [0.15, 0.2) is 54.7 Å². The fraction of sp³-hybridized carbons (Fsp3) is 0.444. The fourth-order valence-electron chi connectivity index (χ4n) is 5.39. The molecule has 3 heterocycles. The summed E-state index contributed by atoms with van der Waals surface area (Å²) in [6.07, 6.45) is 5.53. The van der Waals surface area contributed by atoms with Gasteiger partial charge in [-0.3, -0.25) is 19.9 Å². The molecule has 2 aromatic carbocycles. The van der Waals surface area contributed by atoms with Crippen molar-refractivity contribution in [1.82, 2.24) is 10.2 Å². The molecule has 1 unspecified atom stereocenters. The molecule has 0 bridgehead atoms. The van der Waals surface area contributed by atoms with Gasteiger partial charge >= 0.3 is 0 Å². The zero-order chi connectivity index (χ0) is 23.5. The zero-order valence-electron chi connectivity index (χ0n) is 20.2. The van der Waals surface area contributed by atoms with Gasteiger partial charge in [-0.1, -0.05) is 18.2 Å². The summed E-state index contributed by atoms with van der Waals surface area (Å²) in [5.74, 6) is 1.12. The summed E-state index contributed by atoms with van der Waals surface area (Å²) in [4.78, 5) is 21.6. The van der Waals surface area contributed by atoms with E-state index in [9.17, 15) is 4.79 Å². The molecule has 0 aromatic heterocycles. The Morgan fingerprint density at radius 3 is 2.59 bits per heavy atom. The van der Waals surface area contributed by atoms with Crippen molar-refractivity contribution >= 4 is 23.0 Å². The zero-order valence-corrected chi connectivity index (χ0v) is 20.2. The third-order valence-electron chi connectivity index (χ3n) is 7.20. The number of para-hydroxylation sites is 2. The molecule has 1 N–H and O–H groups in total. The highest BCUT2D eigenvalue weighted by Crippen LogP contribution is 2.33. The smallest absolute Gasteiger partial charge is 0.231 e. The van der Waals surface area contributed by atoms with Crippen LogP contribution in [0.2, 0.25) is 0 Å². The highest BCUT2D eigenvalue weighted by Gasteiger charge is 2.29. The molecule has 2 aromatic rings. The van der Waals surface area contributed by atoms with E-state index in [1.54, 1.807) is 12.0 Å². The Kier molecular flexibility index (Phi) is 6.74. The van der Waals surface area contributed by atoms with Gasteiger partial charge in [0.15, 0.2) is 0 Å². The van der Waals surface area contributed by atoms with Gasteiger partial charge in [-0.05, 0) is 49.2 Å². The van der Waals surface area contributed by atoms with Gasteiger partial charge in [0.25, 0.3) is 0 Å². The second-order valence-electron chi connectivity index (χ2n) is 9.17. The summed E-state index contributed by atoms with van der Waals surface area (Å²) in [6.45, 7) is 8.91. The molecule has 0 radical (unpaired) electrons. The van der Waals surface area contributed by atoms with Crippen molar-refractivity contribution < 1.29 is 9.53 Å². The van der Waals surface area contributed by atoms with Crippen LogP contribution in [0.3, 0.4) is 0 Å². The minimum atomic E-state index is 0.174. The van der Waals surface area contributed by atoms with Crippen molar-refractivity contribution in [3.63, 3.8) is 0 Å². The summed E-state index contributed by atoms with van der Waals surface area (Å²) in [5, 5.41) is 3.74. The standard InChI is InChI=1S/C27H35N5O2/c1-3-13-32-23-10-9-22(19-21(23)8-11-27(32)33)31-14-12-28-26(20-31)30-17-15-29(16-18-30)24-6-4-5-7-25(24)34-2/h3-7,9-10,13,19,26,28H,8,11-12,14-18,20H2,1-2H3/b13-3-. The average molecular weight is 462 g/mol. The molecule has 3 aliphatic heterocycles. The Labute approximate surface area is 202 Å². The molecule has 3 aliphatic rings. The molecular weight excluding hydrogens is 426 g/mol. The molecule has 7 nitrogen and oxygen atoms in total. The van der Waals surface area contributed by atoms with E-state index in [0.717, 1.165) is 63.7 Å². The summed E-state index contributed by atoms with van der Waals surface area (Å²) in [6, 6.07) is 14.9. The third-order valence-corrected chi connectivity index (χ3v) is 7.20. The van der Waals surface area contributed by atoms with Crippen LogP contribution in [-0.2, 0) is 11.2 Å². The predicted molar refractivity (Wildman–Crippen MR) is 138 cm³/mol. The van der Waals surface area contributed by atoms with Gasteiger partial charge in [-0.2, -0.15) is 0 Å². The molecule has 0 saturated carbocycles. The van der Waals surface area contributed by atoms with Crippen LogP contribution >= 0.6 is 0 Å². The second-order valence-corrected chi connectivity index (χ2v) is 9.17. The van der Waals surface area contributed by atoms with Crippen molar-refractivity contribution in [3.8, 4) is 5.75 Å². The quantitative estimate of drug-likeness (QED) is 0.739. The summed E-state index contributed by atoms with van der Waals surface area (Å²) < 4.78 is 5.57. The topological polar surface area (TPSA) is 51.3 Å². The highest BCUT2D eigenvalue weighted by atomic mass is 16.5. The number of benzene rings is 2. The van der Waals surface area contributed by atoms with Gasteiger partial charge in [-0.15, -0.1) is 0 Å². The van der Waals surface area contributed by atoms with Crippen LogP contribution in [-0.4, -0.2) is 69.9 Å². The van der Waals surface area contributed by atoms with E-state index >= 15 is 0 Å². The number of amides is 1. The van der Waals surface area contributed by atoms with Crippen molar-refractivity contribution in [3.05, 3.63) is 60.3 Å². The van der Waals surface area contributed by atoms with E-state index in [2.05, 4.69) is 50.3 Å². The molecule has 5 rings (SSSR count). The SMILES string of the molecule is C/C=C\N1C(=O)CCc2cc(N3CCNC(N4CCN(c5ccccc5OC)CC4)C3)ccc21. The lowest BCUT2D eigenvalue weighted by Gasteiger charge is -2.45. The third kappa shape index (κ3) is 4.50. The minimum Gasteiger partial charge on any atom is -0.495 e. The number of allylic oxidation sites excluding steroid dienone is 1. The minimum absolute atomic E-state index is 0.174. The van der Waals surface area contributed by atoms with Crippen LogP contribution in [0, 0.1) is 0 Å². The van der Waals surface area contributed by atoms with Crippen LogP contribution < -0.4 is 24.8 Å². The Hall–Kier alpha value is -3.03. The maximum absolute atomic E-state index is 12.3.